The normalized spacial score (nSPS) is 23.5. The van der Waals surface area contributed by atoms with Gasteiger partial charge in [-0.1, -0.05) is 0 Å². The number of likely N-dealkylation sites (N-methyl/N-ethyl adjacent to an activating group) is 1. The summed E-state index contributed by atoms with van der Waals surface area (Å²) in [4.78, 5) is 25.6. The summed E-state index contributed by atoms with van der Waals surface area (Å²) < 4.78 is 6.83. The molecule has 1 aromatic rings. The molecular formula is C21H29IN2O4. The lowest BCUT2D eigenvalue weighted by molar-refractivity contribution is -0.136. The van der Waals surface area contributed by atoms with E-state index in [1.165, 1.54) is 6.42 Å². The number of amides is 1. The van der Waals surface area contributed by atoms with Crippen LogP contribution < -0.4 is 10.5 Å². The summed E-state index contributed by atoms with van der Waals surface area (Å²) in [5, 5.41) is 9.13. The first-order valence-electron chi connectivity index (χ1n) is 10.0. The van der Waals surface area contributed by atoms with Gasteiger partial charge in [-0.15, -0.1) is 0 Å². The topological polar surface area (TPSA) is 92.9 Å². The maximum absolute atomic E-state index is 12.6. The summed E-state index contributed by atoms with van der Waals surface area (Å²) in [5.74, 6) is 0.405. The largest absolute Gasteiger partial charge is 0.492 e. The summed E-state index contributed by atoms with van der Waals surface area (Å²) in [6.45, 7) is 0.566. The van der Waals surface area contributed by atoms with Crippen molar-refractivity contribution in [2.75, 3.05) is 13.7 Å². The van der Waals surface area contributed by atoms with E-state index in [1.54, 1.807) is 18.2 Å². The fourth-order valence-electron chi connectivity index (χ4n) is 4.06. The van der Waals surface area contributed by atoms with E-state index in [4.69, 9.17) is 15.6 Å². The minimum Gasteiger partial charge on any atom is -0.492 e. The number of carboxylic acids is 1. The first kappa shape index (κ1) is 21.4. The average Bonchev–Trinajstić information content (AvgIpc) is 2.65. The lowest BCUT2D eigenvalue weighted by Crippen LogP contribution is -2.52. The van der Waals surface area contributed by atoms with Crippen LogP contribution in [-0.4, -0.2) is 47.6 Å². The number of halogens is 1. The molecule has 3 N–H and O–H groups in total. The first-order valence-corrected chi connectivity index (χ1v) is 11.1. The highest BCUT2D eigenvalue weighted by Crippen LogP contribution is 2.33. The van der Waals surface area contributed by atoms with E-state index in [-0.39, 0.29) is 17.4 Å². The molecule has 0 unspecified atom stereocenters. The molecule has 3 rings (SSSR count). The number of hydrogen-bond donors (Lipinski definition) is 2. The molecule has 2 aliphatic rings. The molecule has 0 aromatic heterocycles. The van der Waals surface area contributed by atoms with Gasteiger partial charge in [0.25, 0.3) is 0 Å². The van der Waals surface area contributed by atoms with Crippen LogP contribution in [0.4, 0.5) is 0 Å². The number of rotatable bonds is 7. The molecule has 2 aliphatic carbocycles. The Hall–Kier alpha value is -1.35. The zero-order chi connectivity index (χ0) is 20.3. The molecule has 6 nitrogen and oxygen atoms in total. The fraction of sp³-hybridized carbons (Fsp3) is 0.619. The van der Waals surface area contributed by atoms with Crippen molar-refractivity contribution in [2.45, 2.75) is 57.0 Å². The quantitative estimate of drug-likeness (QED) is 0.560. The van der Waals surface area contributed by atoms with Crippen molar-refractivity contribution in [1.29, 1.82) is 0 Å². The molecule has 0 heterocycles. The number of nitrogens with two attached hydrogens (primary N) is 1. The van der Waals surface area contributed by atoms with Crippen molar-refractivity contribution in [1.82, 2.24) is 4.90 Å². The SMILES string of the molecule is CN(C(=O)[C@@H](N)C1CCC(COc2cc(C(=O)O)ccc2I)CC1)C1CCC1. The fourth-order valence-corrected chi connectivity index (χ4v) is 4.55. The smallest absolute Gasteiger partial charge is 0.335 e. The Morgan fingerprint density at radius 3 is 2.50 bits per heavy atom. The van der Waals surface area contributed by atoms with Crippen molar-refractivity contribution in [3.8, 4) is 5.75 Å². The maximum atomic E-state index is 12.6. The summed E-state index contributed by atoms with van der Waals surface area (Å²) in [7, 11) is 1.89. The molecule has 0 saturated heterocycles. The van der Waals surface area contributed by atoms with Crippen LogP contribution in [0.3, 0.4) is 0 Å². The highest BCUT2D eigenvalue weighted by molar-refractivity contribution is 14.1. The van der Waals surface area contributed by atoms with Gasteiger partial charge in [0, 0.05) is 13.1 Å². The number of benzene rings is 1. The van der Waals surface area contributed by atoms with E-state index in [9.17, 15) is 9.59 Å². The summed E-state index contributed by atoms with van der Waals surface area (Å²) >= 11 is 2.16. The third-order valence-corrected chi connectivity index (χ3v) is 7.20. The van der Waals surface area contributed by atoms with Gasteiger partial charge in [-0.2, -0.15) is 0 Å². The van der Waals surface area contributed by atoms with E-state index in [1.807, 2.05) is 11.9 Å². The molecule has 2 saturated carbocycles. The molecule has 1 aromatic carbocycles. The predicted molar refractivity (Wildman–Crippen MR) is 115 cm³/mol. The van der Waals surface area contributed by atoms with Crippen molar-refractivity contribution < 1.29 is 19.4 Å². The van der Waals surface area contributed by atoms with Gasteiger partial charge in [0.2, 0.25) is 5.91 Å². The molecule has 0 spiro atoms. The summed E-state index contributed by atoms with van der Waals surface area (Å²) in [6.07, 6.45) is 7.23. The second-order valence-electron chi connectivity index (χ2n) is 8.10. The Morgan fingerprint density at radius 2 is 1.93 bits per heavy atom. The van der Waals surface area contributed by atoms with Gasteiger partial charge < -0.3 is 20.5 Å². The molecule has 0 aliphatic heterocycles. The highest BCUT2D eigenvalue weighted by Gasteiger charge is 2.34. The van der Waals surface area contributed by atoms with Crippen LogP contribution in [0.5, 0.6) is 5.75 Å². The number of hydrogen-bond acceptors (Lipinski definition) is 4. The van der Waals surface area contributed by atoms with Crippen LogP contribution in [0.1, 0.15) is 55.3 Å². The molecular weight excluding hydrogens is 471 g/mol. The lowest BCUT2D eigenvalue weighted by atomic mass is 9.78. The molecule has 2 fully saturated rings. The number of carbonyl (C=O) groups is 2. The molecule has 154 valence electrons. The van der Waals surface area contributed by atoms with Crippen LogP contribution in [0.25, 0.3) is 0 Å². The minimum absolute atomic E-state index is 0.0874. The Morgan fingerprint density at radius 1 is 1.25 bits per heavy atom. The van der Waals surface area contributed by atoms with Gasteiger partial charge in [0.1, 0.15) is 5.75 Å². The van der Waals surface area contributed by atoms with E-state index < -0.39 is 12.0 Å². The zero-order valence-electron chi connectivity index (χ0n) is 16.3. The molecule has 0 radical (unpaired) electrons. The number of ether oxygens (including phenoxy) is 1. The third kappa shape index (κ3) is 4.97. The van der Waals surface area contributed by atoms with Crippen LogP contribution in [0, 0.1) is 15.4 Å². The zero-order valence-corrected chi connectivity index (χ0v) is 18.4. The third-order valence-electron chi connectivity index (χ3n) is 6.31. The Bertz CT molecular complexity index is 714. The van der Waals surface area contributed by atoms with Crippen LogP contribution in [-0.2, 0) is 4.79 Å². The van der Waals surface area contributed by atoms with Gasteiger partial charge >= 0.3 is 5.97 Å². The van der Waals surface area contributed by atoms with Gasteiger partial charge in [0.05, 0.1) is 21.8 Å². The number of carboxylic acid groups (broad SMARTS) is 1. The highest BCUT2D eigenvalue weighted by atomic mass is 127. The summed E-state index contributed by atoms with van der Waals surface area (Å²) in [6, 6.07) is 4.91. The number of aromatic carboxylic acids is 1. The molecule has 1 atom stereocenters. The van der Waals surface area contributed by atoms with Gasteiger partial charge in [-0.05, 0) is 97.6 Å². The van der Waals surface area contributed by atoms with Crippen molar-refractivity contribution >= 4 is 34.5 Å². The average molecular weight is 500 g/mol. The second kappa shape index (κ2) is 9.43. The maximum Gasteiger partial charge on any atom is 0.335 e. The Kier molecular flexibility index (Phi) is 7.20. The Labute approximate surface area is 179 Å². The molecule has 7 heteroatoms. The molecule has 0 bridgehead atoms. The van der Waals surface area contributed by atoms with Gasteiger partial charge in [0.15, 0.2) is 0 Å². The van der Waals surface area contributed by atoms with Crippen LogP contribution in [0.15, 0.2) is 18.2 Å². The van der Waals surface area contributed by atoms with Crippen molar-refractivity contribution in [3.05, 3.63) is 27.3 Å². The van der Waals surface area contributed by atoms with E-state index in [2.05, 4.69) is 22.6 Å². The monoisotopic (exact) mass is 500 g/mol. The van der Waals surface area contributed by atoms with Gasteiger partial charge in [-0.25, -0.2) is 4.79 Å². The van der Waals surface area contributed by atoms with E-state index in [0.29, 0.717) is 24.3 Å². The number of nitrogens with zero attached hydrogens (tertiary/aromatic N) is 1. The first-order chi connectivity index (χ1) is 13.4. The van der Waals surface area contributed by atoms with Crippen molar-refractivity contribution in [3.63, 3.8) is 0 Å². The predicted octanol–water partition coefficient (Wildman–Crippen LogP) is 3.51. The van der Waals surface area contributed by atoms with Crippen LogP contribution in [0.2, 0.25) is 0 Å². The second-order valence-corrected chi connectivity index (χ2v) is 9.26. The molecule has 1 amide bonds. The Balaban J connectivity index is 1.47. The van der Waals surface area contributed by atoms with E-state index in [0.717, 1.165) is 42.1 Å². The summed E-state index contributed by atoms with van der Waals surface area (Å²) in [5.41, 5.74) is 6.54. The number of carbonyl (C=O) groups excluding carboxylic acids is 1. The van der Waals surface area contributed by atoms with E-state index >= 15 is 0 Å². The molecule has 28 heavy (non-hydrogen) atoms. The lowest BCUT2D eigenvalue weighted by Gasteiger charge is -2.38. The van der Waals surface area contributed by atoms with Gasteiger partial charge in [-0.3, -0.25) is 4.79 Å². The minimum atomic E-state index is -0.952. The van der Waals surface area contributed by atoms with Crippen molar-refractivity contribution in [2.24, 2.45) is 17.6 Å². The van der Waals surface area contributed by atoms with Crippen LogP contribution >= 0.6 is 22.6 Å². The standard InChI is InChI=1S/C21H29IN2O4/c1-24(16-3-2-4-16)20(25)19(23)14-7-5-13(6-8-14)12-28-18-11-15(21(26)27)9-10-17(18)22/h9-11,13-14,16,19H,2-8,12,23H2,1H3,(H,26,27)/t13?,14?,19-/m0/s1.